The van der Waals surface area contributed by atoms with Gasteiger partial charge in [0.1, 0.15) is 23.2 Å². The number of nitrogens with one attached hydrogen (secondary N) is 1. The molecular weight excluding hydrogens is 514 g/mol. The summed E-state index contributed by atoms with van der Waals surface area (Å²) in [5.74, 6) is 1.03. The molecule has 4 aromatic rings. The third-order valence-electron chi connectivity index (χ3n) is 6.87. The summed E-state index contributed by atoms with van der Waals surface area (Å²) in [6, 6.07) is 13.3. The van der Waals surface area contributed by atoms with E-state index in [0.717, 1.165) is 48.3 Å². The zero-order valence-electron chi connectivity index (χ0n) is 22.5. The van der Waals surface area contributed by atoms with Crippen LogP contribution in [0.15, 0.2) is 60.8 Å². The fourth-order valence-corrected chi connectivity index (χ4v) is 4.64. The number of nitrogens with two attached hydrogens (primary N) is 1. The Balaban J connectivity index is 1.18. The number of aromatic nitrogens is 4. The summed E-state index contributed by atoms with van der Waals surface area (Å²) in [5, 5.41) is 7.82. The molecule has 0 aliphatic carbocycles. The second-order valence-corrected chi connectivity index (χ2v) is 9.59. The third kappa shape index (κ3) is 6.55. The maximum atomic E-state index is 13.6. The number of hydrogen-bond acceptors (Lipinski definition) is 8. The van der Waals surface area contributed by atoms with Crippen molar-refractivity contribution in [1.29, 1.82) is 0 Å². The van der Waals surface area contributed by atoms with E-state index >= 15 is 0 Å². The van der Waals surface area contributed by atoms with E-state index < -0.39 is 11.6 Å². The Kier molecular flexibility index (Phi) is 8.20. The summed E-state index contributed by atoms with van der Waals surface area (Å²) in [6.07, 6.45) is 5.94. The van der Waals surface area contributed by atoms with Crippen LogP contribution >= 0.6 is 0 Å². The van der Waals surface area contributed by atoms with E-state index in [0.29, 0.717) is 37.0 Å². The van der Waals surface area contributed by atoms with Gasteiger partial charge in [-0.1, -0.05) is 24.3 Å². The molecule has 0 atom stereocenters. The maximum Gasteiger partial charge on any atom is 0.224 e. The largest absolute Gasteiger partial charge is 0.497 e. The summed E-state index contributed by atoms with van der Waals surface area (Å²) in [7, 11) is 1.64. The monoisotopic (exact) mass is 546 g/mol. The van der Waals surface area contributed by atoms with Crippen LogP contribution in [0.5, 0.6) is 5.75 Å². The molecule has 11 heteroatoms. The molecule has 3 heterocycles. The first-order valence-corrected chi connectivity index (χ1v) is 13.0. The van der Waals surface area contributed by atoms with Crippen LogP contribution in [0.25, 0.3) is 11.9 Å². The average Bonchev–Trinajstić information content (AvgIpc) is 3.31. The molecule has 1 aliphatic heterocycles. The van der Waals surface area contributed by atoms with Crippen LogP contribution in [0.3, 0.4) is 0 Å². The normalized spacial score (nSPS) is 14.2. The van der Waals surface area contributed by atoms with Gasteiger partial charge in [0.25, 0.3) is 0 Å². The first-order chi connectivity index (χ1) is 19.4. The lowest BCUT2D eigenvalue weighted by Gasteiger charge is -2.35. The Labute approximate surface area is 231 Å². The minimum Gasteiger partial charge on any atom is -0.497 e. The van der Waals surface area contributed by atoms with Gasteiger partial charge in [-0.15, -0.1) is 0 Å². The van der Waals surface area contributed by atoms with Crippen molar-refractivity contribution in [3.8, 4) is 11.6 Å². The summed E-state index contributed by atoms with van der Waals surface area (Å²) in [6.45, 7) is 6.32. The van der Waals surface area contributed by atoms with Crippen molar-refractivity contribution in [2.75, 3.05) is 55.8 Å². The van der Waals surface area contributed by atoms with E-state index in [2.05, 4.69) is 31.4 Å². The SMILES string of the molecule is COc1ccc(CNc2cc(-n3ncc(C=CCN4CCN(c5cc(F)cc(F)c5)CC4)c3C)nc(N)n2)cc1. The number of ether oxygens (including phenoxy) is 1. The molecular formula is C29H32F2N8O. The Morgan fingerprint density at radius 3 is 2.42 bits per heavy atom. The average molecular weight is 547 g/mol. The first-order valence-electron chi connectivity index (χ1n) is 13.0. The topological polar surface area (TPSA) is 97.4 Å². The number of anilines is 3. The number of benzene rings is 2. The smallest absolute Gasteiger partial charge is 0.224 e. The number of halogens is 2. The van der Waals surface area contributed by atoms with Gasteiger partial charge < -0.3 is 20.7 Å². The molecule has 9 nitrogen and oxygen atoms in total. The molecule has 1 saturated heterocycles. The number of piperazine rings is 1. The van der Waals surface area contributed by atoms with Gasteiger partial charge in [0.2, 0.25) is 5.95 Å². The molecule has 40 heavy (non-hydrogen) atoms. The Morgan fingerprint density at radius 1 is 1.00 bits per heavy atom. The molecule has 3 N–H and O–H groups in total. The van der Waals surface area contributed by atoms with Gasteiger partial charge in [0, 0.05) is 62.7 Å². The number of rotatable bonds is 9. The van der Waals surface area contributed by atoms with Crippen molar-refractivity contribution in [3.05, 3.63) is 89.3 Å². The molecule has 2 aromatic heterocycles. The van der Waals surface area contributed by atoms with Crippen molar-refractivity contribution in [1.82, 2.24) is 24.6 Å². The number of hydrogen-bond donors (Lipinski definition) is 2. The molecule has 0 bridgehead atoms. The fraction of sp³-hybridized carbons (Fsp3) is 0.276. The standard InChI is InChI=1S/C29H32F2N8O/c1-20-22(4-3-9-37-10-12-38(13-11-37)25-15-23(30)14-24(31)16-25)19-34-39(20)28-17-27(35-29(32)36-28)33-18-21-5-7-26(40-2)8-6-21/h3-8,14-17,19H,9-13,18H2,1-2H3,(H3,32,33,35,36). The van der Waals surface area contributed by atoms with E-state index in [1.54, 1.807) is 18.0 Å². The zero-order chi connectivity index (χ0) is 28.1. The highest BCUT2D eigenvalue weighted by Gasteiger charge is 2.17. The lowest BCUT2D eigenvalue weighted by atomic mass is 10.2. The first kappa shape index (κ1) is 27.1. The van der Waals surface area contributed by atoms with Gasteiger partial charge in [0.15, 0.2) is 5.82 Å². The highest BCUT2D eigenvalue weighted by molar-refractivity contribution is 5.54. The van der Waals surface area contributed by atoms with Crippen molar-refractivity contribution < 1.29 is 13.5 Å². The fourth-order valence-electron chi connectivity index (χ4n) is 4.64. The van der Waals surface area contributed by atoms with E-state index in [1.165, 1.54) is 12.1 Å². The summed E-state index contributed by atoms with van der Waals surface area (Å²) < 4.78 is 34.1. The van der Waals surface area contributed by atoms with Crippen LogP contribution < -0.4 is 20.7 Å². The maximum absolute atomic E-state index is 13.6. The quantitative estimate of drug-likeness (QED) is 0.321. The minimum atomic E-state index is -0.554. The van der Waals surface area contributed by atoms with Gasteiger partial charge in [-0.25, -0.2) is 13.5 Å². The van der Waals surface area contributed by atoms with Crippen molar-refractivity contribution >= 4 is 23.5 Å². The third-order valence-corrected chi connectivity index (χ3v) is 6.87. The van der Waals surface area contributed by atoms with Crippen LogP contribution in [-0.2, 0) is 6.54 Å². The number of nitrogens with zero attached hydrogens (tertiary/aromatic N) is 6. The Bertz CT molecular complexity index is 1460. The highest BCUT2D eigenvalue weighted by Crippen LogP contribution is 2.21. The molecule has 208 valence electrons. The highest BCUT2D eigenvalue weighted by atomic mass is 19.1. The predicted octanol–water partition coefficient (Wildman–Crippen LogP) is 4.29. The van der Waals surface area contributed by atoms with Crippen molar-refractivity contribution in [2.24, 2.45) is 0 Å². The molecule has 1 fully saturated rings. The molecule has 0 unspecified atom stereocenters. The minimum absolute atomic E-state index is 0.154. The second kappa shape index (κ2) is 12.1. The Morgan fingerprint density at radius 2 is 1.73 bits per heavy atom. The van der Waals surface area contributed by atoms with Gasteiger partial charge in [-0.05, 0) is 36.8 Å². The van der Waals surface area contributed by atoms with Crippen molar-refractivity contribution in [2.45, 2.75) is 13.5 Å². The van der Waals surface area contributed by atoms with Crippen LogP contribution in [0, 0.1) is 18.6 Å². The Hall–Kier alpha value is -4.51. The zero-order valence-corrected chi connectivity index (χ0v) is 22.5. The molecule has 0 radical (unpaired) electrons. The molecule has 2 aromatic carbocycles. The van der Waals surface area contributed by atoms with E-state index in [4.69, 9.17) is 10.5 Å². The lowest BCUT2D eigenvalue weighted by Crippen LogP contribution is -2.46. The number of nitrogen functional groups attached to an aromatic ring is 1. The second-order valence-electron chi connectivity index (χ2n) is 9.59. The van der Waals surface area contributed by atoms with Gasteiger partial charge in [-0.3, -0.25) is 4.90 Å². The van der Waals surface area contributed by atoms with Crippen LogP contribution in [-0.4, -0.2) is 64.5 Å². The van der Waals surface area contributed by atoms with Gasteiger partial charge in [-0.2, -0.15) is 15.1 Å². The molecule has 0 spiro atoms. The van der Waals surface area contributed by atoms with Gasteiger partial charge >= 0.3 is 0 Å². The summed E-state index contributed by atoms with van der Waals surface area (Å²) >= 11 is 0. The molecule has 0 saturated carbocycles. The molecule has 1 aliphatic rings. The molecule has 0 amide bonds. The summed E-state index contributed by atoms with van der Waals surface area (Å²) in [4.78, 5) is 13.0. The van der Waals surface area contributed by atoms with Crippen LogP contribution in [0.4, 0.5) is 26.2 Å². The van der Waals surface area contributed by atoms with Gasteiger partial charge in [0.05, 0.1) is 19.0 Å². The van der Waals surface area contributed by atoms with Crippen molar-refractivity contribution in [3.63, 3.8) is 0 Å². The van der Waals surface area contributed by atoms with Crippen LogP contribution in [0.1, 0.15) is 16.8 Å². The summed E-state index contributed by atoms with van der Waals surface area (Å²) in [5.41, 5.74) is 9.56. The number of methoxy groups -OCH3 is 1. The lowest BCUT2D eigenvalue weighted by molar-refractivity contribution is 0.284. The van der Waals surface area contributed by atoms with Crippen LogP contribution in [0.2, 0.25) is 0 Å². The predicted molar refractivity (Wildman–Crippen MR) is 153 cm³/mol. The molecule has 5 rings (SSSR count). The van der Waals surface area contributed by atoms with E-state index in [-0.39, 0.29) is 5.95 Å². The van der Waals surface area contributed by atoms with E-state index in [9.17, 15) is 8.78 Å². The van der Waals surface area contributed by atoms with E-state index in [1.807, 2.05) is 48.2 Å².